The van der Waals surface area contributed by atoms with Crippen molar-refractivity contribution in [3.8, 4) is 0 Å². The topological polar surface area (TPSA) is 80.6 Å². The highest BCUT2D eigenvalue weighted by Gasteiger charge is 2.20. The van der Waals surface area contributed by atoms with Gasteiger partial charge in [0.25, 0.3) is 5.91 Å². The molecule has 0 fully saturated rings. The van der Waals surface area contributed by atoms with Gasteiger partial charge in [0.05, 0.1) is 13.2 Å². The summed E-state index contributed by atoms with van der Waals surface area (Å²) in [4.78, 5) is 24.8. The molecule has 1 aromatic heterocycles. The summed E-state index contributed by atoms with van der Waals surface area (Å²) in [5.74, 6) is -0.589. The molecule has 0 saturated carbocycles. The fourth-order valence-electron chi connectivity index (χ4n) is 2.89. The highest BCUT2D eigenvalue weighted by molar-refractivity contribution is 6.02. The van der Waals surface area contributed by atoms with E-state index in [2.05, 4.69) is 10.6 Å². The molecular weight excluding hydrogens is 344 g/mol. The van der Waals surface area contributed by atoms with Crippen molar-refractivity contribution in [1.29, 1.82) is 0 Å². The highest BCUT2D eigenvalue weighted by Crippen LogP contribution is 2.26. The van der Waals surface area contributed by atoms with Crippen molar-refractivity contribution in [2.45, 2.75) is 20.5 Å². The first-order valence-corrected chi connectivity index (χ1v) is 8.65. The molecule has 27 heavy (non-hydrogen) atoms. The molecule has 2 aromatic carbocycles. The molecule has 0 aliphatic rings. The zero-order chi connectivity index (χ0) is 19.4. The van der Waals surface area contributed by atoms with Gasteiger partial charge in [-0.15, -0.1) is 0 Å². The first kappa shape index (κ1) is 18.7. The largest absolute Gasteiger partial charge is 0.451 e. The minimum Gasteiger partial charge on any atom is -0.451 e. The number of carbonyl (C=O) groups excluding carboxylic acids is 2. The molecule has 3 rings (SSSR count). The van der Waals surface area contributed by atoms with Gasteiger partial charge in [0, 0.05) is 23.7 Å². The van der Waals surface area contributed by atoms with Crippen LogP contribution in [-0.4, -0.2) is 25.5 Å². The van der Waals surface area contributed by atoms with Crippen LogP contribution in [0.5, 0.6) is 0 Å². The molecular formula is C21H22N2O4. The SMILES string of the molecule is COCc1c(C(=O)NCC(=O)Nc2cccc(C)c2C)oc2ccccc12. The van der Waals surface area contributed by atoms with Gasteiger partial charge in [0.2, 0.25) is 5.91 Å². The molecule has 0 saturated heterocycles. The van der Waals surface area contributed by atoms with Crippen molar-refractivity contribution in [3.05, 3.63) is 64.9 Å². The zero-order valence-corrected chi connectivity index (χ0v) is 15.6. The van der Waals surface area contributed by atoms with Crippen molar-refractivity contribution in [2.24, 2.45) is 0 Å². The summed E-state index contributed by atoms with van der Waals surface area (Å²) in [6.07, 6.45) is 0. The Morgan fingerprint density at radius 1 is 1.07 bits per heavy atom. The number of amides is 2. The zero-order valence-electron chi connectivity index (χ0n) is 15.6. The van der Waals surface area contributed by atoms with Crippen molar-refractivity contribution in [2.75, 3.05) is 19.0 Å². The lowest BCUT2D eigenvalue weighted by atomic mass is 10.1. The summed E-state index contributed by atoms with van der Waals surface area (Å²) in [6.45, 7) is 4.00. The average Bonchev–Trinajstić information content (AvgIpc) is 3.03. The van der Waals surface area contributed by atoms with Gasteiger partial charge in [0.1, 0.15) is 5.58 Å². The smallest absolute Gasteiger partial charge is 0.287 e. The van der Waals surface area contributed by atoms with Gasteiger partial charge in [-0.05, 0) is 37.1 Å². The second-order valence-corrected chi connectivity index (χ2v) is 6.32. The summed E-state index contributed by atoms with van der Waals surface area (Å²) in [5.41, 5.74) is 4.09. The number of ether oxygens (including phenoxy) is 1. The lowest BCUT2D eigenvalue weighted by Gasteiger charge is -2.10. The van der Waals surface area contributed by atoms with Gasteiger partial charge in [-0.3, -0.25) is 9.59 Å². The third-order valence-electron chi connectivity index (χ3n) is 4.48. The number of benzene rings is 2. The molecule has 6 nitrogen and oxygen atoms in total. The lowest BCUT2D eigenvalue weighted by molar-refractivity contribution is -0.115. The second kappa shape index (κ2) is 8.05. The normalized spacial score (nSPS) is 10.8. The maximum Gasteiger partial charge on any atom is 0.287 e. The highest BCUT2D eigenvalue weighted by atomic mass is 16.5. The van der Waals surface area contributed by atoms with Crippen LogP contribution in [0.25, 0.3) is 11.0 Å². The van der Waals surface area contributed by atoms with Gasteiger partial charge in [-0.1, -0.05) is 30.3 Å². The van der Waals surface area contributed by atoms with E-state index in [4.69, 9.17) is 9.15 Å². The minimum absolute atomic E-state index is 0.157. The monoisotopic (exact) mass is 366 g/mol. The Bertz CT molecular complexity index is 991. The standard InChI is InChI=1S/C21H22N2O4/c1-13-7-6-9-17(14(13)2)23-19(24)11-22-21(25)20-16(12-26-3)15-8-4-5-10-18(15)27-20/h4-10H,11-12H2,1-3H3,(H,22,25)(H,23,24). The summed E-state index contributed by atoms with van der Waals surface area (Å²) < 4.78 is 10.9. The molecule has 1 heterocycles. The third-order valence-corrected chi connectivity index (χ3v) is 4.48. The van der Waals surface area contributed by atoms with Gasteiger partial charge in [-0.2, -0.15) is 0 Å². The summed E-state index contributed by atoms with van der Waals surface area (Å²) in [7, 11) is 1.56. The number of hydrogen-bond donors (Lipinski definition) is 2. The van der Waals surface area contributed by atoms with Crippen LogP contribution in [0.3, 0.4) is 0 Å². The Morgan fingerprint density at radius 2 is 1.85 bits per heavy atom. The van der Waals surface area contributed by atoms with Crippen LogP contribution < -0.4 is 10.6 Å². The quantitative estimate of drug-likeness (QED) is 0.699. The van der Waals surface area contributed by atoms with Gasteiger partial charge >= 0.3 is 0 Å². The van der Waals surface area contributed by atoms with E-state index in [0.29, 0.717) is 11.1 Å². The van der Waals surface area contributed by atoms with Crippen molar-refractivity contribution >= 4 is 28.5 Å². The number of para-hydroxylation sites is 1. The predicted molar refractivity (Wildman–Crippen MR) is 104 cm³/mol. The number of rotatable bonds is 6. The molecule has 6 heteroatoms. The van der Waals surface area contributed by atoms with Crippen molar-refractivity contribution in [3.63, 3.8) is 0 Å². The molecule has 2 N–H and O–H groups in total. The summed E-state index contributed by atoms with van der Waals surface area (Å²) in [5, 5.41) is 6.25. The van der Waals surface area contributed by atoms with Crippen LogP contribution in [-0.2, 0) is 16.1 Å². The van der Waals surface area contributed by atoms with Crippen LogP contribution in [0.1, 0.15) is 27.2 Å². The number of fused-ring (bicyclic) bond motifs is 1. The molecule has 0 bridgehead atoms. The molecule has 0 aliphatic carbocycles. The molecule has 0 unspecified atom stereocenters. The third kappa shape index (κ3) is 4.01. The molecule has 0 radical (unpaired) electrons. The first-order valence-electron chi connectivity index (χ1n) is 8.65. The van der Waals surface area contributed by atoms with E-state index < -0.39 is 5.91 Å². The first-order chi connectivity index (χ1) is 13.0. The van der Waals surface area contributed by atoms with Gasteiger partial charge in [0.15, 0.2) is 5.76 Å². The van der Waals surface area contributed by atoms with E-state index in [1.54, 1.807) is 13.2 Å². The lowest BCUT2D eigenvalue weighted by Crippen LogP contribution is -2.33. The van der Waals surface area contributed by atoms with E-state index >= 15 is 0 Å². The van der Waals surface area contributed by atoms with Crippen LogP contribution in [0.2, 0.25) is 0 Å². The van der Waals surface area contributed by atoms with Gasteiger partial charge < -0.3 is 19.8 Å². The number of anilines is 1. The molecule has 2 amide bonds. The Balaban J connectivity index is 1.70. The second-order valence-electron chi connectivity index (χ2n) is 6.32. The summed E-state index contributed by atoms with van der Waals surface area (Å²) >= 11 is 0. The Kier molecular flexibility index (Phi) is 5.57. The molecule has 0 atom stereocenters. The average molecular weight is 366 g/mol. The van der Waals surface area contributed by atoms with E-state index in [-0.39, 0.29) is 24.8 Å². The van der Waals surface area contributed by atoms with E-state index in [9.17, 15) is 9.59 Å². The molecule has 0 aliphatic heterocycles. The maximum atomic E-state index is 12.5. The summed E-state index contributed by atoms with van der Waals surface area (Å²) in [6, 6.07) is 13.1. The van der Waals surface area contributed by atoms with Crippen LogP contribution in [0.15, 0.2) is 46.9 Å². The van der Waals surface area contributed by atoms with Crippen LogP contribution in [0, 0.1) is 13.8 Å². The van der Waals surface area contributed by atoms with E-state index in [1.165, 1.54) is 0 Å². The fourth-order valence-corrected chi connectivity index (χ4v) is 2.89. The number of furan rings is 1. The van der Waals surface area contributed by atoms with E-state index in [0.717, 1.165) is 22.2 Å². The fraction of sp³-hybridized carbons (Fsp3) is 0.238. The van der Waals surface area contributed by atoms with Crippen LogP contribution >= 0.6 is 0 Å². The Hall–Kier alpha value is -3.12. The van der Waals surface area contributed by atoms with Crippen molar-refractivity contribution < 1.29 is 18.7 Å². The number of aryl methyl sites for hydroxylation is 1. The number of carbonyl (C=O) groups is 2. The van der Waals surface area contributed by atoms with Crippen molar-refractivity contribution in [1.82, 2.24) is 5.32 Å². The Labute approximate surface area is 157 Å². The molecule has 0 spiro atoms. The Morgan fingerprint density at radius 3 is 2.63 bits per heavy atom. The van der Waals surface area contributed by atoms with Gasteiger partial charge in [-0.25, -0.2) is 0 Å². The number of methoxy groups -OCH3 is 1. The minimum atomic E-state index is -0.450. The van der Waals surface area contributed by atoms with Crippen LogP contribution in [0.4, 0.5) is 5.69 Å². The molecule has 140 valence electrons. The van der Waals surface area contributed by atoms with E-state index in [1.807, 2.05) is 50.2 Å². The molecule has 3 aromatic rings. The number of nitrogens with one attached hydrogen (secondary N) is 2. The predicted octanol–water partition coefficient (Wildman–Crippen LogP) is 3.56. The number of hydrogen-bond acceptors (Lipinski definition) is 4. The maximum absolute atomic E-state index is 12.5.